The Bertz CT molecular complexity index is 1130. The fourth-order valence-corrected chi connectivity index (χ4v) is 4.15. The molecule has 2 atom stereocenters. The first-order valence-corrected chi connectivity index (χ1v) is 12.7. The molecule has 0 saturated carbocycles. The minimum absolute atomic E-state index is 0.0587. The maximum Gasteiger partial charge on any atom is 0.417 e. The highest BCUT2D eigenvalue weighted by molar-refractivity contribution is 5.95. The van der Waals surface area contributed by atoms with E-state index in [1.807, 2.05) is 13.8 Å². The topological polar surface area (TPSA) is 33.6 Å². The number of ether oxygens (including phenoxy) is 1. The van der Waals surface area contributed by atoms with Crippen molar-refractivity contribution >= 4 is 11.4 Å². The molecule has 1 fully saturated rings. The van der Waals surface area contributed by atoms with Crippen LogP contribution in [0.4, 0.5) is 13.2 Å². The average molecular weight is 497 g/mol. The van der Waals surface area contributed by atoms with Gasteiger partial charge in [0.15, 0.2) is 0 Å². The summed E-state index contributed by atoms with van der Waals surface area (Å²) in [5.74, 6) is 6.53. The summed E-state index contributed by atoms with van der Waals surface area (Å²) in [6.45, 7) is 9.60. The van der Waals surface area contributed by atoms with E-state index in [1.165, 1.54) is 12.1 Å². The number of rotatable bonds is 8. The summed E-state index contributed by atoms with van der Waals surface area (Å²) in [6.07, 6.45) is 1.13. The van der Waals surface area contributed by atoms with Gasteiger partial charge in [0.2, 0.25) is 0 Å². The van der Waals surface area contributed by atoms with E-state index < -0.39 is 11.7 Å². The standard InChI is InChI=1S/C30H35F3N2O/c1-5-19-36-25-16-11-22(12-17-25)10-13-23-14-15-24(20-26(23)30(31,32)33)27(7-3)35-29(21(4)6-2)28-9-8-18-34-28/h7,11-12,14-17,20-21,28,34H,5-6,8-9,18-19H2,1-4H3/b27-7-,35-29+. The highest BCUT2D eigenvalue weighted by Crippen LogP contribution is 2.34. The van der Waals surface area contributed by atoms with E-state index in [0.29, 0.717) is 29.2 Å². The molecule has 0 spiro atoms. The molecule has 1 N–H and O–H groups in total. The molecular weight excluding hydrogens is 461 g/mol. The first kappa shape index (κ1) is 27.5. The molecule has 6 heteroatoms. The second kappa shape index (κ2) is 12.8. The molecule has 2 aromatic rings. The molecule has 0 radical (unpaired) electrons. The molecule has 1 heterocycles. The van der Waals surface area contributed by atoms with Crippen molar-refractivity contribution in [2.24, 2.45) is 10.9 Å². The number of hydrogen-bond donors (Lipinski definition) is 1. The van der Waals surface area contributed by atoms with E-state index in [4.69, 9.17) is 9.73 Å². The molecule has 0 bridgehead atoms. The van der Waals surface area contributed by atoms with Crippen molar-refractivity contribution < 1.29 is 17.9 Å². The summed E-state index contributed by atoms with van der Waals surface area (Å²) >= 11 is 0. The van der Waals surface area contributed by atoms with Crippen LogP contribution in [-0.4, -0.2) is 24.9 Å². The SMILES string of the molecule is C/C=C(\N=C(/C(C)CC)C1CCCN1)c1ccc(C#Cc2ccc(OCCC)cc2)c(C(F)(F)F)c1. The van der Waals surface area contributed by atoms with Crippen LogP contribution in [0, 0.1) is 17.8 Å². The van der Waals surface area contributed by atoms with Gasteiger partial charge in [-0.1, -0.05) is 44.8 Å². The van der Waals surface area contributed by atoms with Crippen LogP contribution in [0.25, 0.3) is 5.70 Å². The van der Waals surface area contributed by atoms with Crippen LogP contribution in [0.5, 0.6) is 5.75 Å². The van der Waals surface area contributed by atoms with Crippen LogP contribution < -0.4 is 10.1 Å². The van der Waals surface area contributed by atoms with Crippen LogP contribution in [-0.2, 0) is 6.18 Å². The van der Waals surface area contributed by atoms with Crippen molar-refractivity contribution in [1.82, 2.24) is 5.32 Å². The van der Waals surface area contributed by atoms with E-state index in [-0.39, 0.29) is 17.5 Å². The highest BCUT2D eigenvalue weighted by atomic mass is 19.4. The zero-order valence-corrected chi connectivity index (χ0v) is 21.5. The number of nitrogens with zero attached hydrogens (tertiary/aromatic N) is 1. The number of halogens is 3. The number of nitrogens with one attached hydrogen (secondary N) is 1. The third-order valence-corrected chi connectivity index (χ3v) is 6.35. The monoisotopic (exact) mass is 496 g/mol. The van der Waals surface area contributed by atoms with E-state index in [0.717, 1.165) is 37.9 Å². The van der Waals surface area contributed by atoms with Crippen LogP contribution >= 0.6 is 0 Å². The minimum Gasteiger partial charge on any atom is -0.494 e. The van der Waals surface area contributed by atoms with Crippen LogP contribution in [0.3, 0.4) is 0 Å². The lowest BCUT2D eigenvalue weighted by Crippen LogP contribution is -2.34. The summed E-state index contributed by atoms with van der Waals surface area (Å²) in [4.78, 5) is 4.89. The van der Waals surface area contributed by atoms with Crippen LogP contribution in [0.2, 0.25) is 0 Å². The van der Waals surface area contributed by atoms with Crippen LogP contribution in [0.1, 0.15) is 75.6 Å². The fraction of sp³-hybridized carbons (Fsp3) is 0.433. The number of allylic oxidation sites excluding steroid dienone is 1. The lowest BCUT2D eigenvalue weighted by Gasteiger charge is -2.21. The molecule has 1 saturated heterocycles. The summed E-state index contributed by atoms with van der Waals surface area (Å²) in [6, 6.07) is 11.5. The van der Waals surface area contributed by atoms with E-state index in [9.17, 15) is 13.2 Å². The average Bonchev–Trinajstić information content (AvgIpc) is 3.41. The Labute approximate surface area is 212 Å². The molecule has 2 unspecified atom stereocenters. The minimum atomic E-state index is -4.53. The zero-order valence-electron chi connectivity index (χ0n) is 21.5. The first-order chi connectivity index (χ1) is 17.3. The third kappa shape index (κ3) is 7.24. The molecule has 0 aliphatic carbocycles. The quantitative estimate of drug-likeness (QED) is 0.303. The summed E-state index contributed by atoms with van der Waals surface area (Å²) in [7, 11) is 0. The Hall–Kier alpha value is -3.04. The molecule has 2 aromatic carbocycles. The van der Waals surface area contributed by atoms with Gasteiger partial charge in [0.05, 0.1) is 17.9 Å². The molecule has 3 rings (SSSR count). The van der Waals surface area contributed by atoms with Gasteiger partial charge in [-0.2, -0.15) is 13.2 Å². The van der Waals surface area contributed by atoms with Gasteiger partial charge in [-0.15, -0.1) is 0 Å². The van der Waals surface area contributed by atoms with Gasteiger partial charge in [0, 0.05) is 28.4 Å². The lowest BCUT2D eigenvalue weighted by molar-refractivity contribution is -0.137. The van der Waals surface area contributed by atoms with Gasteiger partial charge in [-0.05, 0) is 81.5 Å². The molecule has 3 nitrogen and oxygen atoms in total. The second-order valence-electron chi connectivity index (χ2n) is 9.05. The van der Waals surface area contributed by atoms with E-state index in [2.05, 4.69) is 31.0 Å². The van der Waals surface area contributed by atoms with Crippen molar-refractivity contribution in [3.05, 3.63) is 70.8 Å². The first-order valence-electron chi connectivity index (χ1n) is 12.7. The largest absolute Gasteiger partial charge is 0.494 e. The highest BCUT2D eigenvalue weighted by Gasteiger charge is 2.34. The third-order valence-electron chi connectivity index (χ3n) is 6.35. The van der Waals surface area contributed by atoms with E-state index >= 15 is 0 Å². The van der Waals surface area contributed by atoms with E-state index in [1.54, 1.807) is 36.4 Å². The Morgan fingerprint density at radius 2 is 1.92 bits per heavy atom. The van der Waals surface area contributed by atoms with Crippen molar-refractivity contribution in [2.45, 2.75) is 65.6 Å². The maximum atomic E-state index is 14.0. The van der Waals surface area contributed by atoms with Crippen molar-refractivity contribution in [1.29, 1.82) is 0 Å². The lowest BCUT2D eigenvalue weighted by atomic mass is 9.94. The smallest absolute Gasteiger partial charge is 0.417 e. The van der Waals surface area contributed by atoms with Gasteiger partial charge < -0.3 is 10.1 Å². The van der Waals surface area contributed by atoms with Crippen LogP contribution in [0.15, 0.2) is 53.5 Å². The maximum absolute atomic E-state index is 14.0. The Morgan fingerprint density at radius 3 is 2.50 bits per heavy atom. The molecule has 0 aromatic heterocycles. The van der Waals surface area contributed by atoms with Gasteiger partial charge in [-0.3, -0.25) is 4.99 Å². The Kier molecular flexibility index (Phi) is 9.78. The summed E-state index contributed by atoms with van der Waals surface area (Å²) in [5, 5.41) is 3.48. The van der Waals surface area contributed by atoms with Gasteiger partial charge in [0.1, 0.15) is 5.75 Å². The van der Waals surface area contributed by atoms with Crippen molar-refractivity contribution in [2.75, 3.05) is 13.2 Å². The number of aliphatic imine (C=N–C) groups is 1. The summed E-state index contributed by atoms with van der Waals surface area (Å²) in [5.41, 5.74) is 1.80. The number of benzene rings is 2. The predicted octanol–water partition coefficient (Wildman–Crippen LogP) is 7.49. The Balaban J connectivity index is 1.94. The molecule has 36 heavy (non-hydrogen) atoms. The normalized spacial score (nSPS) is 17.5. The number of hydrogen-bond acceptors (Lipinski definition) is 3. The molecule has 192 valence electrons. The van der Waals surface area contributed by atoms with Gasteiger partial charge >= 0.3 is 6.18 Å². The van der Waals surface area contributed by atoms with Gasteiger partial charge in [-0.25, -0.2) is 0 Å². The van der Waals surface area contributed by atoms with Crippen molar-refractivity contribution in [3.8, 4) is 17.6 Å². The molecule has 1 aliphatic heterocycles. The second-order valence-corrected chi connectivity index (χ2v) is 9.05. The molecule has 1 aliphatic rings. The van der Waals surface area contributed by atoms with Gasteiger partial charge in [0.25, 0.3) is 0 Å². The molecule has 0 amide bonds. The summed E-state index contributed by atoms with van der Waals surface area (Å²) < 4.78 is 47.7. The number of alkyl halides is 3. The molecular formula is C30H35F3N2O. The van der Waals surface area contributed by atoms with Crippen molar-refractivity contribution in [3.63, 3.8) is 0 Å². The predicted molar refractivity (Wildman–Crippen MR) is 141 cm³/mol. The Morgan fingerprint density at radius 1 is 1.17 bits per heavy atom. The zero-order chi connectivity index (χ0) is 26.1. The fourth-order valence-electron chi connectivity index (χ4n) is 4.15.